The van der Waals surface area contributed by atoms with E-state index in [-0.39, 0.29) is 0 Å². The van der Waals surface area contributed by atoms with Crippen LogP contribution >= 0.6 is 0 Å². The lowest BCUT2D eigenvalue weighted by Crippen LogP contribution is -1.86. The third kappa shape index (κ3) is 1.50. The van der Waals surface area contributed by atoms with Gasteiger partial charge in [-0.25, -0.2) is 0 Å². The molecule has 2 aromatic heterocycles. The number of benzene rings is 2. The van der Waals surface area contributed by atoms with Crippen molar-refractivity contribution < 1.29 is 0 Å². The van der Waals surface area contributed by atoms with Crippen LogP contribution in [0.1, 0.15) is 0 Å². The SMILES string of the molecule is [O-]n1c2ccccc2c2ccc(-c3ccccn3)cc21. The first-order valence-electron chi connectivity index (χ1n) is 6.47. The smallest absolute Gasteiger partial charge is 0.0702 e. The van der Waals surface area contributed by atoms with Crippen LogP contribution in [0.4, 0.5) is 0 Å². The molecule has 0 fully saturated rings. The zero-order chi connectivity index (χ0) is 13.5. The first-order valence-corrected chi connectivity index (χ1v) is 6.47. The van der Waals surface area contributed by atoms with Gasteiger partial charge in [-0.3, -0.25) is 4.98 Å². The predicted octanol–water partition coefficient (Wildman–Crippen LogP) is 4.20. The van der Waals surface area contributed by atoms with Gasteiger partial charge in [0, 0.05) is 33.6 Å². The van der Waals surface area contributed by atoms with Crippen molar-refractivity contribution in [3.8, 4) is 11.3 Å². The van der Waals surface area contributed by atoms with E-state index in [1.165, 1.54) is 0 Å². The first-order chi connectivity index (χ1) is 9.84. The van der Waals surface area contributed by atoms with Gasteiger partial charge in [-0.15, -0.1) is 0 Å². The summed E-state index contributed by atoms with van der Waals surface area (Å²) in [6, 6.07) is 19.3. The molecule has 0 amide bonds. The van der Waals surface area contributed by atoms with E-state index >= 15 is 0 Å². The van der Waals surface area contributed by atoms with Crippen LogP contribution in [-0.2, 0) is 0 Å². The third-order valence-corrected chi connectivity index (χ3v) is 3.59. The van der Waals surface area contributed by atoms with Crippen molar-refractivity contribution in [3.63, 3.8) is 0 Å². The van der Waals surface area contributed by atoms with Crippen molar-refractivity contribution in [1.82, 2.24) is 9.71 Å². The molecule has 4 rings (SSSR count). The van der Waals surface area contributed by atoms with Gasteiger partial charge in [0.1, 0.15) is 0 Å². The van der Waals surface area contributed by atoms with Gasteiger partial charge in [0.2, 0.25) is 0 Å². The molecule has 0 aliphatic heterocycles. The maximum atomic E-state index is 12.4. The van der Waals surface area contributed by atoms with Crippen molar-refractivity contribution in [2.45, 2.75) is 0 Å². The Hall–Kier alpha value is -2.81. The molecular weight excluding hydrogens is 248 g/mol. The summed E-state index contributed by atoms with van der Waals surface area (Å²) < 4.78 is 0.997. The number of pyridine rings is 1. The fourth-order valence-corrected chi connectivity index (χ4v) is 2.63. The summed E-state index contributed by atoms with van der Waals surface area (Å²) in [5.74, 6) is 0. The van der Waals surface area contributed by atoms with Crippen LogP contribution in [0, 0.1) is 5.21 Å². The Balaban J connectivity index is 2.05. The quantitative estimate of drug-likeness (QED) is 0.514. The molecule has 3 nitrogen and oxygen atoms in total. The highest BCUT2D eigenvalue weighted by molar-refractivity contribution is 6.09. The van der Waals surface area contributed by atoms with Crippen molar-refractivity contribution in [1.29, 1.82) is 0 Å². The molecule has 3 heteroatoms. The van der Waals surface area contributed by atoms with E-state index in [1.54, 1.807) is 6.20 Å². The molecule has 2 aromatic carbocycles. The molecule has 0 spiro atoms. The van der Waals surface area contributed by atoms with E-state index < -0.39 is 0 Å². The Morgan fingerprint density at radius 3 is 2.45 bits per heavy atom. The average Bonchev–Trinajstić information content (AvgIpc) is 2.81. The predicted molar refractivity (Wildman–Crippen MR) is 81.4 cm³/mol. The van der Waals surface area contributed by atoms with Crippen LogP contribution in [0.5, 0.6) is 0 Å². The summed E-state index contributed by atoms with van der Waals surface area (Å²) in [6.45, 7) is 0. The Kier molecular flexibility index (Phi) is 2.27. The zero-order valence-corrected chi connectivity index (χ0v) is 10.7. The molecule has 0 bridgehead atoms. The fraction of sp³-hybridized carbons (Fsp3) is 0. The molecular formula is C17H11N2O-. The maximum Gasteiger partial charge on any atom is 0.0702 e. The minimum Gasteiger partial charge on any atom is -0.805 e. The number of hydrogen-bond donors (Lipinski definition) is 0. The van der Waals surface area contributed by atoms with E-state index in [0.717, 1.165) is 26.8 Å². The summed E-state index contributed by atoms with van der Waals surface area (Å²) in [4.78, 5) is 4.33. The molecule has 0 aliphatic rings. The largest absolute Gasteiger partial charge is 0.805 e. The Labute approximate surface area is 115 Å². The van der Waals surface area contributed by atoms with Crippen LogP contribution in [0.3, 0.4) is 0 Å². The van der Waals surface area contributed by atoms with E-state index in [2.05, 4.69) is 4.98 Å². The summed E-state index contributed by atoms with van der Waals surface area (Å²) in [5.41, 5.74) is 3.23. The molecule has 96 valence electrons. The monoisotopic (exact) mass is 259 g/mol. The van der Waals surface area contributed by atoms with Crippen molar-refractivity contribution in [3.05, 3.63) is 72.1 Å². The first kappa shape index (κ1) is 11.1. The second-order valence-corrected chi connectivity index (χ2v) is 4.76. The van der Waals surface area contributed by atoms with Gasteiger partial charge in [0.15, 0.2) is 0 Å². The molecule has 0 aliphatic carbocycles. The lowest BCUT2D eigenvalue weighted by molar-refractivity contribution is 1.21. The van der Waals surface area contributed by atoms with Gasteiger partial charge >= 0.3 is 0 Å². The van der Waals surface area contributed by atoms with Crippen molar-refractivity contribution >= 4 is 21.8 Å². The molecule has 0 saturated heterocycles. The summed E-state index contributed by atoms with van der Waals surface area (Å²) in [6.07, 6.45) is 1.76. The highest BCUT2D eigenvalue weighted by atomic mass is 16.5. The summed E-state index contributed by atoms with van der Waals surface area (Å²) in [5, 5.41) is 14.3. The van der Waals surface area contributed by atoms with Gasteiger partial charge < -0.3 is 9.94 Å². The molecule has 0 atom stereocenters. The lowest BCUT2D eigenvalue weighted by Gasteiger charge is -2.10. The number of para-hydroxylation sites is 1. The Bertz CT molecular complexity index is 910. The lowest BCUT2D eigenvalue weighted by atomic mass is 10.1. The molecule has 0 radical (unpaired) electrons. The molecule has 0 N–H and O–H groups in total. The highest BCUT2D eigenvalue weighted by Crippen LogP contribution is 2.31. The molecule has 20 heavy (non-hydrogen) atoms. The number of nitrogens with zero attached hydrogens (tertiary/aromatic N) is 2. The number of hydrogen-bond acceptors (Lipinski definition) is 2. The van der Waals surface area contributed by atoms with E-state index in [1.807, 2.05) is 60.7 Å². The average molecular weight is 259 g/mol. The Morgan fingerprint density at radius 1 is 0.800 bits per heavy atom. The van der Waals surface area contributed by atoms with Crippen molar-refractivity contribution in [2.75, 3.05) is 0 Å². The summed E-state index contributed by atoms with van der Waals surface area (Å²) >= 11 is 0. The van der Waals surface area contributed by atoms with Gasteiger partial charge in [-0.2, -0.15) is 0 Å². The Morgan fingerprint density at radius 2 is 1.60 bits per heavy atom. The minimum atomic E-state index is 0.689. The molecule has 4 aromatic rings. The molecule has 0 unspecified atom stereocenters. The molecule has 2 heterocycles. The minimum absolute atomic E-state index is 0.689. The highest BCUT2D eigenvalue weighted by Gasteiger charge is 2.07. The summed E-state index contributed by atoms with van der Waals surface area (Å²) in [7, 11) is 0. The second kappa shape index (κ2) is 4.10. The standard InChI is InChI=1S/C17H11N2O/c20-19-16-7-2-1-5-13(16)14-9-8-12(11-17(14)19)15-6-3-4-10-18-15/h1-11H/q-1. The van der Waals surface area contributed by atoms with E-state index in [0.29, 0.717) is 11.0 Å². The van der Waals surface area contributed by atoms with Gasteiger partial charge in [-0.05, 0) is 24.3 Å². The number of aromatic nitrogens is 2. The van der Waals surface area contributed by atoms with Crippen LogP contribution < -0.4 is 0 Å². The van der Waals surface area contributed by atoms with Gasteiger partial charge in [0.25, 0.3) is 0 Å². The topological polar surface area (TPSA) is 40.9 Å². The van der Waals surface area contributed by atoms with Gasteiger partial charge in [-0.1, -0.05) is 36.4 Å². The van der Waals surface area contributed by atoms with E-state index in [9.17, 15) is 5.21 Å². The fourth-order valence-electron chi connectivity index (χ4n) is 2.63. The number of rotatable bonds is 1. The maximum absolute atomic E-state index is 12.4. The van der Waals surface area contributed by atoms with Crippen LogP contribution in [0.25, 0.3) is 33.1 Å². The number of fused-ring (bicyclic) bond motifs is 3. The van der Waals surface area contributed by atoms with Crippen LogP contribution in [0.2, 0.25) is 0 Å². The molecule has 0 saturated carbocycles. The second-order valence-electron chi connectivity index (χ2n) is 4.76. The van der Waals surface area contributed by atoms with Gasteiger partial charge in [0.05, 0.1) is 5.69 Å². The van der Waals surface area contributed by atoms with E-state index in [4.69, 9.17) is 0 Å². The normalized spacial score (nSPS) is 11.2. The zero-order valence-electron chi connectivity index (χ0n) is 10.7. The third-order valence-electron chi connectivity index (χ3n) is 3.59. The van der Waals surface area contributed by atoms with Crippen LogP contribution in [0.15, 0.2) is 66.9 Å². The van der Waals surface area contributed by atoms with Crippen molar-refractivity contribution in [2.24, 2.45) is 0 Å². The van der Waals surface area contributed by atoms with Crippen LogP contribution in [-0.4, -0.2) is 9.71 Å².